The number of hydrogen-bond donors (Lipinski definition) is 3. The SMILES string of the molecule is C=C(NC(=O)N1CC2(CCN(C(O)CN(C)C)C2)C2=CC(C)(Cl)CC=C21)SC(Cl)CN. The van der Waals surface area contributed by atoms with Gasteiger partial charge in [0.05, 0.1) is 14.6 Å². The molecule has 2 heterocycles. The monoisotopic (exact) mass is 489 g/mol. The largest absolute Gasteiger partial charge is 0.377 e. The third-order valence-corrected chi connectivity index (χ3v) is 7.56. The minimum Gasteiger partial charge on any atom is -0.377 e. The molecule has 3 aliphatic rings. The van der Waals surface area contributed by atoms with Crippen LogP contribution in [0.4, 0.5) is 4.79 Å². The van der Waals surface area contributed by atoms with E-state index in [9.17, 15) is 9.90 Å². The zero-order chi connectivity index (χ0) is 23.0. The summed E-state index contributed by atoms with van der Waals surface area (Å²) in [5.41, 5.74) is 7.30. The minimum absolute atomic E-state index is 0.238. The van der Waals surface area contributed by atoms with Gasteiger partial charge in [0.15, 0.2) is 0 Å². The van der Waals surface area contributed by atoms with Crippen LogP contribution in [0, 0.1) is 5.41 Å². The van der Waals surface area contributed by atoms with Gasteiger partial charge in [-0.15, -0.1) is 23.2 Å². The summed E-state index contributed by atoms with van der Waals surface area (Å²) in [7, 11) is 3.89. The molecule has 0 aromatic carbocycles. The summed E-state index contributed by atoms with van der Waals surface area (Å²) in [6.07, 6.45) is 5.10. The van der Waals surface area contributed by atoms with Crippen LogP contribution in [0.25, 0.3) is 0 Å². The standard InChI is InChI=1S/C21H33Cl2N5O2S/c1-14(31-17(22)10-24)25-19(30)28-13-21(15-9-20(2,23)6-5-16(15)28)7-8-27(12-21)18(29)11-26(3)4/h5,9,17-18,29H,1,6-8,10-13,24H2,2-4H3,(H,25,30). The molecule has 7 nitrogen and oxygen atoms in total. The van der Waals surface area contributed by atoms with E-state index in [4.69, 9.17) is 28.9 Å². The van der Waals surface area contributed by atoms with Gasteiger partial charge in [0.2, 0.25) is 0 Å². The van der Waals surface area contributed by atoms with Crippen molar-refractivity contribution >= 4 is 41.0 Å². The Morgan fingerprint density at radius 1 is 1.48 bits per heavy atom. The molecular weight excluding hydrogens is 457 g/mol. The molecule has 174 valence electrons. The Labute approximate surface area is 199 Å². The molecule has 1 spiro atoms. The number of aliphatic hydroxyl groups excluding tert-OH is 1. The summed E-state index contributed by atoms with van der Waals surface area (Å²) in [6, 6.07) is -0.238. The molecule has 0 radical (unpaired) electrons. The van der Waals surface area contributed by atoms with Crippen LogP contribution in [0.5, 0.6) is 0 Å². The van der Waals surface area contributed by atoms with Crippen LogP contribution >= 0.6 is 35.0 Å². The normalized spacial score (nSPS) is 30.3. The highest BCUT2D eigenvalue weighted by Gasteiger charge is 2.53. The quantitative estimate of drug-likeness (QED) is 0.476. The van der Waals surface area contributed by atoms with E-state index in [1.54, 1.807) is 4.90 Å². The average Bonchev–Trinajstić information content (AvgIpc) is 3.23. The Kier molecular flexibility index (Phi) is 7.73. The van der Waals surface area contributed by atoms with Gasteiger partial charge in [-0.3, -0.25) is 9.80 Å². The van der Waals surface area contributed by atoms with Crippen LogP contribution in [0.2, 0.25) is 0 Å². The Hall–Kier alpha value is -0.740. The molecule has 1 aliphatic carbocycles. The first-order valence-electron chi connectivity index (χ1n) is 10.4. The van der Waals surface area contributed by atoms with Crippen LogP contribution < -0.4 is 11.1 Å². The summed E-state index contributed by atoms with van der Waals surface area (Å²) in [4.78, 5) is 18.5. The number of alkyl halides is 2. The van der Waals surface area contributed by atoms with E-state index in [1.807, 2.05) is 25.9 Å². The summed E-state index contributed by atoms with van der Waals surface area (Å²) >= 11 is 14.0. The fourth-order valence-corrected chi connectivity index (χ4v) is 5.60. The van der Waals surface area contributed by atoms with E-state index >= 15 is 0 Å². The first-order valence-corrected chi connectivity index (χ1v) is 12.1. The van der Waals surface area contributed by atoms with Gasteiger partial charge in [0.1, 0.15) is 6.23 Å². The van der Waals surface area contributed by atoms with Crippen molar-refractivity contribution in [1.29, 1.82) is 0 Å². The number of halogens is 2. The van der Waals surface area contributed by atoms with Crippen LogP contribution in [-0.2, 0) is 0 Å². The molecule has 0 aromatic heterocycles. The van der Waals surface area contributed by atoms with Crippen molar-refractivity contribution in [3.05, 3.63) is 35.0 Å². The second-order valence-electron chi connectivity index (χ2n) is 9.08. The number of thioether (sulfide) groups is 1. The number of rotatable bonds is 7. The molecule has 31 heavy (non-hydrogen) atoms. The lowest BCUT2D eigenvalue weighted by Crippen LogP contribution is -2.43. The lowest BCUT2D eigenvalue weighted by atomic mass is 9.77. The van der Waals surface area contributed by atoms with Crippen molar-refractivity contribution in [3.8, 4) is 0 Å². The van der Waals surface area contributed by atoms with Crippen molar-refractivity contribution in [2.45, 2.75) is 35.6 Å². The molecule has 2 fully saturated rings. The van der Waals surface area contributed by atoms with Gasteiger partial charge >= 0.3 is 6.03 Å². The first-order chi connectivity index (χ1) is 14.5. The smallest absolute Gasteiger partial charge is 0.326 e. The zero-order valence-electron chi connectivity index (χ0n) is 18.4. The number of likely N-dealkylation sites (tertiary alicyclic amines) is 2. The Balaban J connectivity index is 1.81. The maximum atomic E-state index is 13.1. The number of allylic oxidation sites excluding steroid dienone is 3. The van der Waals surface area contributed by atoms with Crippen LogP contribution in [0.15, 0.2) is 35.0 Å². The molecule has 2 aliphatic heterocycles. The van der Waals surface area contributed by atoms with Crippen LogP contribution in [-0.4, -0.2) is 88.5 Å². The number of carbonyl (C=O) groups is 1. The topological polar surface area (TPSA) is 85.1 Å². The van der Waals surface area contributed by atoms with Gasteiger partial charge in [-0.05, 0) is 39.4 Å². The van der Waals surface area contributed by atoms with Gasteiger partial charge in [0.25, 0.3) is 0 Å². The highest BCUT2D eigenvalue weighted by molar-refractivity contribution is 8.04. The highest BCUT2D eigenvalue weighted by Crippen LogP contribution is 2.52. The van der Waals surface area contributed by atoms with E-state index in [-0.39, 0.29) is 22.7 Å². The molecule has 0 saturated carbocycles. The number of carbonyl (C=O) groups excluding carboxylic acids is 1. The maximum Gasteiger partial charge on any atom is 0.326 e. The van der Waals surface area contributed by atoms with Gasteiger partial charge in [-0.2, -0.15) is 0 Å². The van der Waals surface area contributed by atoms with Gasteiger partial charge in [0, 0.05) is 43.8 Å². The molecule has 10 heteroatoms. The molecule has 4 atom stereocenters. The number of urea groups is 1. The van der Waals surface area contributed by atoms with E-state index < -0.39 is 11.1 Å². The lowest BCUT2D eigenvalue weighted by Gasteiger charge is -2.31. The van der Waals surface area contributed by atoms with Gasteiger partial charge < -0.3 is 21.1 Å². The number of likely N-dealkylation sites (N-methyl/N-ethyl adjacent to an activating group) is 1. The fraction of sp³-hybridized carbons (Fsp3) is 0.667. The molecule has 0 bridgehead atoms. The van der Waals surface area contributed by atoms with E-state index in [0.29, 0.717) is 31.1 Å². The number of nitrogens with one attached hydrogen (secondary N) is 1. The molecule has 2 saturated heterocycles. The van der Waals surface area contributed by atoms with Crippen molar-refractivity contribution in [1.82, 2.24) is 20.0 Å². The number of amides is 2. The summed E-state index contributed by atoms with van der Waals surface area (Å²) in [6.45, 7) is 8.71. The zero-order valence-corrected chi connectivity index (χ0v) is 20.7. The summed E-state index contributed by atoms with van der Waals surface area (Å²) < 4.78 is -0.347. The number of nitrogens with zero attached hydrogens (tertiary/aromatic N) is 3. The molecule has 4 unspecified atom stereocenters. The number of hydrogen-bond acceptors (Lipinski definition) is 6. The summed E-state index contributed by atoms with van der Waals surface area (Å²) in [5.74, 6) is 0. The van der Waals surface area contributed by atoms with Crippen molar-refractivity contribution in [3.63, 3.8) is 0 Å². The van der Waals surface area contributed by atoms with Crippen LogP contribution in [0.3, 0.4) is 0 Å². The third kappa shape index (κ3) is 5.61. The van der Waals surface area contributed by atoms with Crippen molar-refractivity contribution in [2.24, 2.45) is 11.1 Å². The minimum atomic E-state index is -0.552. The first kappa shape index (κ1) is 24.9. The van der Waals surface area contributed by atoms with Gasteiger partial charge in [-0.1, -0.05) is 30.5 Å². The van der Waals surface area contributed by atoms with Gasteiger partial charge in [-0.25, -0.2) is 4.79 Å². The Morgan fingerprint density at radius 3 is 2.84 bits per heavy atom. The third-order valence-electron chi connectivity index (χ3n) is 6.02. The van der Waals surface area contributed by atoms with E-state index in [0.717, 1.165) is 24.2 Å². The van der Waals surface area contributed by atoms with E-state index in [1.165, 1.54) is 11.8 Å². The molecule has 0 aromatic rings. The number of nitrogens with two attached hydrogens (primary N) is 1. The molecule has 2 amide bonds. The Morgan fingerprint density at radius 2 is 2.19 bits per heavy atom. The average molecular weight is 491 g/mol. The predicted molar refractivity (Wildman–Crippen MR) is 129 cm³/mol. The van der Waals surface area contributed by atoms with E-state index in [2.05, 4.69) is 28.9 Å². The molecular formula is C21H33Cl2N5O2S. The summed E-state index contributed by atoms with van der Waals surface area (Å²) in [5, 5.41) is 14.0. The number of aliphatic hydroxyl groups is 1. The lowest BCUT2D eigenvalue weighted by molar-refractivity contribution is -0.00265. The molecule has 3 rings (SSSR count). The Bertz CT molecular complexity index is 788. The van der Waals surface area contributed by atoms with Crippen LogP contribution in [0.1, 0.15) is 19.8 Å². The molecule has 4 N–H and O–H groups in total. The maximum absolute atomic E-state index is 13.1. The predicted octanol–water partition coefficient (Wildman–Crippen LogP) is 2.52. The number of fused-ring (bicyclic) bond motifs is 2. The van der Waals surface area contributed by atoms with Crippen molar-refractivity contribution in [2.75, 3.05) is 46.8 Å². The second-order valence-corrected chi connectivity index (χ2v) is 12.0. The highest BCUT2D eigenvalue weighted by atomic mass is 35.5. The van der Waals surface area contributed by atoms with Crippen molar-refractivity contribution < 1.29 is 9.90 Å². The second kappa shape index (κ2) is 9.63. The fourth-order valence-electron chi connectivity index (χ4n) is 4.54.